The average molecular weight is 297 g/mol. The van der Waals surface area contributed by atoms with Crippen molar-refractivity contribution in [2.75, 3.05) is 5.75 Å². The summed E-state index contributed by atoms with van der Waals surface area (Å²) in [5.41, 5.74) is 1.67. The van der Waals surface area contributed by atoms with Crippen LogP contribution in [-0.2, 0) is 20.4 Å². The molecular formula is C15H23NO3S. The topological polar surface area (TPSA) is 63.2 Å². The SMILES string of the molecule is Cc1ccccc1CS(=O)(=O)CC(=O)N[C@@H](C)C(C)C. The summed E-state index contributed by atoms with van der Waals surface area (Å²) in [6, 6.07) is 7.28. The molecule has 0 fully saturated rings. The Morgan fingerprint density at radius 3 is 2.35 bits per heavy atom. The van der Waals surface area contributed by atoms with Gasteiger partial charge in [-0.1, -0.05) is 38.1 Å². The van der Waals surface area contributed by atoms with Gasteiger partial charge in [-0.3, -0.25) is 4.79 Å². The van der Waals surface area contributed by atoms with E-state index in [4.69, 9.17) is 0 Å². The van der Waals surface area contributed by atoms with Crippen molar-refractivity contribution in [1.82, 2.24) is 5.32 Å². The number of sulfone groups is 1. The highest BCUT2D eigenvalue weighted by Crippen LogP contribution is 2.12. The van der Waals surface area contributed by atoms with Gasteiger partial charge in [0.25, 0.3) is 0 Å². The number of carbonyl (C=O) groups is 1. The zero-order valence-electron chi connectivity index (χ0n) is 12.5. The van der Waals surface area contributed by atoms with E-state index < -0.39 is 21.5 Å². The number of rotatable bonds is 6. The van der Waals surface area contributed by atoms with Gasteiger partial charge >= 0.3 is 0 Å². The van der Waals surface area contributed by atoms with Crippen LogP contribution >= 0.6 is 0 Å². The van der Waals surface area contributed by atoms with Gasteiger partial charge in [0.15, 0.2) is 9.84 Å². The third kappa shape index (κ3) is 5.33. The lowest BCUT2D eigenvalue weighted by atomic mass is 10.1. The molecule has 0 bridgehead atoms. The van der Waals surface area contributed by atoms with Crippen LogP contribution in [0.4, 0.5) is 0 Å². The summed E-state index contributed by atoms with van der Waals surface area (Å²) in [5.74, 6) is -0.709. The summed E-state index contributed by atoms with van der Waals surface area (Å²) in [7, 11) is -3.44. The van der Waals surface area contributed by atoms with Crippen molar-refractivity contribution in [3.63, 3.8) is 0 Å². The molecule has 1 aromatic carbocycles. The molecule has 112 valence electrons. The lowest BCUT2D eigenvalue weighted by Crippen LogP contribution is -2.39. The fourth-order valence-electron chi connectivity index (χ4n) is 1.72. The second kappa shape index (κ2) is 6.88. The Morgan fingerprint density at radius 2 is 1.80 bits per heavy atom. The predicted octanol–water partition coefficient (Wildman–Crippen LogP) is 2.07. The van der Waals surface area contributed by atoms with Gasteiger partial charge in [0.1, 0.15) is 5.75 Å². The Balaban J connectivity index is 2.67. The summed E-state index contributed by atoms with van der Waals surface area (Å²) in [5, 5.41) is 2.72. The van der Waals surface area contributed by atoms with Crippen LogP contribution in [0.2, 0.25) is 0 Å². The molecule has 4 nitrogen and oxygen atoms in total. The molecule has 1 N–H and O–H groups in total. The summed E-state index contributed by atoms with van der Waals surface area (Å²) in [6.45, 7) is 7.70. The van der Waals surface area contributed by atoms with E-state index in [-0.39, 0.29) is 17.7 Å². The molecule has 0 saturated heterocycles. The van der Waals surface area contributed by atoms with Crippen molar-refractivity contribution in [3.8, 4) is 0 Å². The van der Waals surface area contributed by atoms with Crippen LogP contribution < -0.4 is 5.32 Å². The van der Waals surface area contributed by atoms with Gasteiger partial charge in [-0.25, -0.2) is 8.42 Å². The maximum absolute atomic E-state index is 12.1. The lowest BCUT2D eigenvalue weighted by molar-refractivity contribution is -0.119. The quantitative estimate of drug-likeness (QED) is 0.874. The second-order valence-electron chi connectivity index (χ2n) is 5.56. The average Bonchev–Trinajstić information content (AvgIpc) is 2.30. The highest BCUT2D eigenvalue weighted by Gasteiger charge is 2.20. The Labute approximate surface area is 121 Å². The fourth-order valence-corrected chi connectivity index (χ4v) is 3.10. The fraction of sp³-hybridized carbons (Fsp3) is 0.533. The molecule has 0 spiro atoms. The third-order valence-electron chi connectivity index (χ3n) is 3.38. The smallest absolute Gasteiger partial charge is 0.235 e. The summed E-state index contributed by atoms with van der Waals surface area (Å²) in [4.78, 5) is 11.8. The van der Waals surface area contributed by atoms with Crippen LogP contribution in [0.1, 0.15) is 31.9 Å². The second-order valence-corrected chi connectivity index (χ2v) is 7.62. The molecule has 1 amide bonds. The molecule has 20 heavy (non-hydrogen) atoms. The van der Waals surface area contributed by atoms with E-state index in [1.54, 1.807) is 12.1 Å². The molecule has 0 aliphatic rings. The first kappa shape index (κ1) is 16.7. The van der Waals surface area contributed by atoms with Crippen LogP contribution in [0.5, 0.6) is 0 Å². The number of nitrogens with one attached hydrogen (secondary N) is 1. The molecule has 0 unspecified atom stereocenters. The summed E-state index contributed by atoms with van der Waals surface area (Å²) in [6.07, 6.45) is 0. The zero-order valence-corrected chi connectivity index (χ0v) is 13.3. The highest BCUT2D eigenvalue weighted by molar-refractivity contribution is 7.91. The highest BCUT2D eigenvalue weighted by atomic mass is 32.2. The molecule has 1 atom stereocenters. The molecule has 0 aliphatic heterocycles. The maximum Gasteiger partial charge on any atom is 0.235 e. The molecule has 0 saturated carbocycles. The monoisotopic (exact) mass is 297 g/mol. The molecule has 0 heterocycles. The molecule has 0 radical (unpaired) electrons. The van der Waals surface area contributed by atoms with E-state index in [1.807, 2.05) is 39.8 Å². The van der Waals surface area contributed by atoms with Gasteiger partial charge in [0.2, 0.25) is 5.91 Å². The minimum Gasteiger partial charge on any atom is -0.353 e. The molecule has 0 aliphatic carbocycles. The Kier molecular flexibility index (Phi) is 5.74. The van der Waals surface area contributed by atoms with Gasteiger partial charge < -0.3 is 5.32 Å². The Bertz CT molecular complexity index is 564. The minimum atomic E-state index is -3.44. The van der Waals surface area contributed by atoms with Crippen molar-refractivity contribution in [1.29, 1.82) is 0 Å². The molecule has 1 aromatic rings. The minimum absolute atomic E-state index is 0.0313. The zero-order chi connectivity index (χ0) is 15.3. The number of carbonyl (C=O) groups excluding carboxylic acids is 1. The number of hydrogen-bond acceptors (Lipinski definition) is 3. The first-order valence-corrected chi connectivity index (χ1v) is 8.57. The van der Waals surface area contributed by atoms with Crippen LogP contribution in [0.3, 0.4) is 0 Å². The molecule has 5 heteroatoms. The normalized spacial score (nSPS) is 13.2. The van der Waals surface area contributed by atoms with Gasteiger partial charge in [0, 0.05) is 6.04 Å². The first-order valence-electron chi connectivity index (χ1n) is 6.75. The van der Waals surface area contributed by atoms with E-state index in [0.717, 1.165) is 11.1 Å². The summed E-state index contributed by atoms with van der Waals surface area (Å²) < 4.78 is 24.1. The van der Waals surface area contributed by atoms with Crippen LogP contribution in [0, 0.1) is 12.8 Å². The van der Waals surface area contributed by atoms with Crippen molar-refractivity contribution >= 4 is 15.7 Å². The largest absolute Gasteiger partial charge is 0.353 e. The molecular weight excluding hydrogens is 274 g/mol. The van der Waals surface area contributed by atoms with E-state index in [1.165, 1.54) is 0 Å². The predicted molar refractivity (Wildman–Crippen MR) is 81.1 cm³/mol. The van der Waals surface area contributed by atoms with Gasteiger partial charge in [0.05, 0.1) is 5.75 Å². The van der Waals surface area contributed by atoms with Crippen molar-refractivity contribution in [2.24, 2.45) is 5.92 Å². The standard InChI is InChI=1S/C15H23NO3S/c1-11(2)13(4)16-15(17)10-20(18,19)9-14-8-6-5-7-12(14)3/h5-8,11,13H,9-10H2,1-4H3,(H,16,17)/t13-/m0/s1. The van der Waals surface area contributed by atoms with Crippen LogP contribution in [0.25, 0.3) is 0 Å². The Morgan fingerprint density at radius 1 is 1.20 bits per heavy atom. The first-order chi connectivity index (χ1) is 9.21. The summed E-state index contributed by atoms with van der Waals surface area (Å²) >= 11 is 0. The van der Waals surface area contributed by atoms with Crippen molar-refractivity contribution < 1.29 is 13.2 Å². The van der Waals surface area contributed by atoms with Crippen LogP contribution in [-0.4, -0.2) is 26.1 Å². The lowest BCUT2D eigenvalue weighted by Gasteiger charge is -2.17. The number of amides is 1. The number of benzene rings is 1. The van der Waals surface area contributed by atoms with E-state index in [0.29, 0.717) is 0 Å². The number of hydrogen-bond donors (Lipinski definition) is 1. The third-order valence-corrected chi connectivity index (χ3v) is 4.83. The van der Waals surface area contributed by atoms with E-state index in [9.17, 15) is 13.2 Å². The van der Waals surface area contributed by atoms with Crippen LogP contribution in [0.15, 0.2) is 24.3 Å². The van der Waals surface area contributed by atoms with Gasteiger partial charge in [-0.2, -0.15) is 0 Å². The van der Waals surface area contributed by atoms with Gasteiger partial charge in [-0.15, -0.1) is 0 Å². The van der Waals surface area contributed by atoms with E-state index >= 15 is 0 Å². The molecule has 0 aromatic heterocycles. The van der Waals surface area contributed by atoms with Crippen molar-refractivity contribution in [3.05, 3.63) is 35.4 Å². The maximum atomic E-state index is 12.1. The Hall–Kier alpha value is -1.36. The van der Waals surface area contributed by atoms with Crippen molar-refractivity contribution in [2.45, 2.75) is 39.5 Å². The number of aryl methyl sites for hydroxylation is 1. The van der Waals surface area contributed by atoms with E-state index in [2.05, 4.69) is 5.32 Å². The van der Waals surface area contributed by atoms with Gasteiger partial charge in [-0.05, 0) is 30.9 Å². The molecule has 1 rings (SSSR count).